The van der Waals surface area contributed by atoms with Crippen LogP contribution in [0.15, 0.2) is 38.0 Å². The van der Waals surface area contributed by atoms with Crippen molar-refractivity contribution in [2.45, 2.75) is 38.3 Å². The smallest absolute Gasteiger partial charge is 0.245 e. The van der Waals surface area contributed by atoms with Crippen molar-refractivity contribution in [3.63, 3.8) is 0 Å². The van der Waals surface area contributed by atoms with E-state index in [1.54, 1.807) is 4.90 Å². The first kappa shape index (κ1) is 43.3. The molecule has 1 atom stereocenters. The van der Waals surface area contributed by atoms with Crippen LogP contribution in [0, 0.1) is 0 Å². The number of amides is 3. The van der Waals surface area contributed by atoms with Gasteiger partial charge in [-0.05, 0) is 50.5 Å². The summed E-state index contributed by atoms with van der Waals surface area (Å²) in [7, 11) is 0. The van der Waals surface area contributed by atoms with Gasteiger partial charge in [-0.3, -0.25) is 19.7 Å². The summed E-state index contributed by atoms with van der Waals surface area (Å²) in [6.07, 6.45) is 6.23. The Kier molecular flexibility index (Phi) is 31.7. The molecule has 1 unspecified atom stereocenters. The fraction of sp³-hybridized carbons (Fsp3) is 0.719. The van der Waals surface area contributed by atoms with Gasteiger partial charge in [0.2, 0.25) is 17.7 Å². The van der Waals surface area contributed by atoms with Gasteiger partial charge >= 0.3 is 0 Å². The molecule has 0 fully saturated rings. The van der Waals surface area contributed by atoms with Gasteiger partial charge in [0.1, 0.15) is 6.23 Å². The maximum Gasteiger partial charge on any atom is 0.245 e. The van der Waals surface area contributed by atoms with Crippen LogP contribution in [0.1, 0.15) is 32.1 Å². The highest BCUT2D eigenvalue weighted by Crippen LogP contribution is 2.00. The number of hydrogen-bond donors (Lipinski definition) is 4. The van der Waals surface area contributed by atoms with Crippen molar-refractivity contribution < 1.29 is 47.9 Å². The molecule has 0 aliphatic rings. The number of hydrogen-bond acceptors (Lipinski definition) is 11. The monoisotopic (exact) mass is 658 g/mol. The van der Waals surface area contributed by atoms with Crippen LogP contribution in [0.25, 0.3) is 0 Å². The summed E-state index contributed by atoms with van der Waals surface area (Å²) in [6.45, 7) is 18.7. The van der Waals surface area contributed by atoms with Gasteiger partial charge in [-0.2, -0.15) is 0 Å². The molecule has 0 aromatic heterocycles. The number of carbonyl (C=O) groups excluding carboxylic acids is 3. The maximum atomic E-state index is 12.2. The lowest BCUT2D eigenvalue weighted by Gasteiger charge is -2.23. The summed E-state index contributed by atoms with van der Waals surface area (Å²) >= 11 is 0. The van der Waals surface area contributed by atoms with Gasteiger partial charge in [0.25, 0.3) is 0 Å². The van der Waals surface area contributed by atoms with Crippen molar-refractivity contribution in [1.82, 2.24) is 20.9 Å². The predicted molar refractivity (Wildman–Crippen MR) is 175 cm³/mol. The molecule has 266 valence electrons. The van der Waals surface area contributed by atoms with E-state index in [1.165, 1.54) is 18.2 Å². The second kappa shape index (κ2) is 33.7. The average molecular weight is 659 g/mol. The molecule has 0 spiro atoms. The molecule has 14 nitrogen and oxygen atoms in total. The lowest BCUT2D eigenvalue weighted by molar-refractivity contribution is -0.126. The quantitative estimate of drug-likeness (QED) is 0.0427. The Morgan fingerprint density at radius 1 is 0.565 bits per heavy atom. The zero-order valence-electron chi connectivity index (χ0n) is 27.6. The standard InChI is InChI=1S/C32H58N4O10/c1-4-29(37)33-12-7-17-41-21-25-45-26-23-43-19-9-14-35-31(39)11-16-36(32(40)6-3)15-10-20-44-24-28-46-27-22-42-18-8-13-34-30(38)5-2/h4-6,31,35,39H,1-3,7-28H2,(H,33,37)(H,34,38). The van der Waals surface area contributed by atoms with E-state index in [4.69, 9.17) is 28.4 Å². The minimum atomic E-state index is -0.739. The molecule has 3 amide bonds. The minimum Gasteiger partial charge on any atom is -0.379 e. The summed E-state index contributed by atoms with van der Waals surface area (Å²) in [5.74, 6) is -0.562. The van der Waals surface area contributed by atoms with E-state index in [1.807, 2.05) is 0 Å². The number of carbonyl (C=O) groups is 3. The van der Waals surface area contributed by atoms with E-state index in [-0.39, 0.29) is 17.7 Å². The highest BCUT2D eigenvalue weighted by Gasteiger charge is 2.12. The van der Waals surface area contributed by atoms with Crippen LogP contribution >= 0.6 is 0 Å². The Labute approximate surface area is 274 Å². The van der Waals surface area contributed by atoms with Crippen LogP contribution in [-0.4, -0.2) is 146 Å². The first-order chi connectivity index (χ1) is 22.4. The second-order valence-corrected chi connectivity index (χ2v) is 9.87. The summed E-state index contributed by atoms with van der Waals surface area (Å²) in [4.78, 5) is 35.9. The number of aliphatic hydroxyl groups excluding tert-OH is 1. The fourth-order valence-electron chi connectivity index (χ4n) is 3.64. The fourth-order valence-corrected chi connectivity index (χ4v) is 3.64. The Hall–Kier alpha value is -2.69. The lowest BCUT2D eigenvalue weighted by atomic mass is 10.3. The summed E-state index contributed by atoms with van der Waals surface area (Å²) in [6, 6.07) is 0. The van der Waals surface area contributed by atoms with Crippen LogP contribution in [-0.2, 0) is 42.8 Å². The van der Waals surface area contributed by atoms with E-state index in [0.717, 1.165) is 19.3 Å². The van der Waals surface area contributed by atoms with Crippen molar-refractivity contribution in [2.75, 3.05) is 112 Å². The summed E-state index contributed by atoms with van der Waals surface area (Å²) < 4.78 is 32.9. The van der Waals surface area contributed by atoms with E-state index in [9.17, 15) is 19.5 Å². The predicted octanol–water partition coefficient (Wildman–Crippen LogP) is 0.564. The summed E-state index contributed by atoms with van der Waals surface area (Å²) in [5, 5.41) is 18.7. The molecule has 0 aromatic carbocycles. The van der Waals surface area contributed by atoms with Crippen molar-refractivity contribution in [3.8, 4) is 0 Å². The van der Waals surface area contributed by atoms with Crippen LogP contribution in [0.5, 0.6) is 0 Å². The van der Waals surface area contributed by atoms with Gasteiger partial charge in [-0.15, -0.1) is 0 Å². The van der Waals surface area contributed by atoms with E-state index in [2.05, 4.69) is 35.7 Å². The average Bonchev–Trinajstić information content (AvgIpc) is 3.07. The largest absolute Gasteiger partial charge is 0.379 e. The highest BCUT2D eigenvalue weighted by atomic mass is 16.5. The molecule has 0 saturated heterocycles. The summed E-state index contributed by atoms with van der Waals surface area (Å²) in [5.41, 5.74) is 0. The first-order valence-electron chi connectivity index (χ1n) is 16.0. The van der Waals surface area contributed by atoms with Crippen molar-refractivity contribution >= 4 is 17.7 Å². The topological polar surface area (TPSA) is 166 Å². The number of nitrogens with zero attached hydrogens (tertiary/aromatic N) is 1. The first-order valence-corrected chi connectivity index (χ1v) is 16.0. The van der Waals surface area contributed by atoms with Crippen molar-refractivity contribution in [2.24, 2.45) is 0 Å². The third-order valence-electron chi connectivity index (χ3n) is 6.11. The van der Waals surface area contributed by atoms with Gasteiger partial charge in [0.05, 0.1) is 52.9 Å². The molecule has 0 aliphatic heterocycles. The SMILES string of the molecule is C=CC(=O)NCCCOCCOCCOCCCNC(O)CCN(CCCOCCOCCOCCCNC(=O)C=C)C(=O)C=C. The second-order valence-electron chi connectivity index (χ2n) is 9.87. The molecule has 0 saturated carbocycles. The van der Waals surface area contributed by atoms with Crippen molar-refractivity contribution in [3.05, 3.63) is 38.0 Å². The number of aliphatic hydroxyl groups is 1. The Morgan fingerprint density at radius 3 is 1.37 bits per heavy atom. The van der Waals surface area contributed by atoms with Crippen molar-refractivity contribution in [1.29, 1.82) is 0 Å². The number of ether oxygens (including phenoxy) is 6. The molecule has 4 N–H and O–H groups in total. The molecule has 0 radical (unpaired) electrons. The van der Waals surface area contributed by atoms with Crippen LogP contribution in [0.2, 0.25) is 0 Å². The maximum absolute atomic E-state index is 12.2. The van der Waals surface area contributed by atoms with Gasteiger partial charge in [-0.25, -0.2) is 0 Å². The molecule has 0 rings (SSSR count). The van der Waals surface area contributed by atoms with Gasteiger partial charge in [0, 0.05) is 59.0 Å². The third kappa shape index (κ3) is 30.0. The molecular weight excluding hydrogens is 600 g/mol. The Balaban J connectivity index is 3.63. The van der Waals surface area contributed by atoms with Crippen LogP contribution < -0.4 is 16.0 Å². The van der Waals surface area contributed by atoms with E-state index >= 15 is 0 Å². The molecule has 46 heavy (non-hydrogen) atoms. The lowest BCUT2D eigenvalue weighted by Crippen LogP contribution is -2.37. The molecule has 0 aliphatic carbocycles. The molecular formula is C32H58N4O10. The molecule has 14 heteroatoms. The number of rotatable bonds is 35. The normalized spacial score (nSPS) is 11.5. The van der Waals surface area contributed by atoms with Crippen LogP contribution in [0.4, 0.5) is 0 Å². The van der Waals surface area contributed by atoms with E-state index < -0.39 is 6.23 Å². The Morgan fingerprint density at radius 2 is 0.957 bits per heavy atom. The van der Waals surface area contributed by atoms with Gasteiger partial charge in [0.15, 0.2) is 0 Å². The molecule has 0 bridgehead atoms. The minimum absolute atomic E-state index is 0.185. The molecule has 0 heterocycles. The zero-order valence-corrected chi connectivity index (χ0v) is 27.6. The zero-order chi connectivity index (χ0) is 33.9. The van der Waals surface area contributed by atoms with Crippen LogP contribution in [0.3, 0.4) is 0 Å². The van der Waals surface area contributed by atoms with Gasteiger partial charge in [-0.1, -0.05) is 19.7 Å². The third-order valence-corrected chi connectivity index (χ3v) is 6.11. The Bertz CT molecular complexity index is 803. The highest BCUT2D eigenvalue weighted by molar-refractivity contribution is 5.87. The van der Waals surface area contributed by atoms with E-state index in [0.29, 0.717) is 125 Å². The van der Waals surface area contributed by atoms with Gasteiger partial charge < -0.3 is 49.1 Å². The molecule has 0 aromatic rings. The number of nitrogens with one attached hydrogen (secondary N) is 3.